The summed E-state index contributed by atoms with van der Waals surface area (Å²) in [7, 11) is 0. The zero-order chi connectivity index (χ0) is 24.5. The maximum absolute atomic E-state index is 13.0. The summed E-state index contributed by atoms with van der Waals surface area (Å²) in [5.74, 6) is -1.92. The van der Waals surface area contributed by atoms with Gasteiger partial charge in [0.15, 0.2) is 0 Å². The van der Waals surface area contributed by atoms with E-state index in [-0.39, 0.29) is 32.0 Å². The minimum Gasteiger partial charge on any atom is -0.481 e. The van der Waals surface area contributed by atoms with E-state index in [1.807, 2.05) is 36.4 Å². The van der Waals surface area contributed by atoms with Crippen molar-refractivity contribution in [2.75, 3.05) is 19.7 Å². The average Bonchev–Trinajstić information content (AvgIpc) is 3.09. The molecule has 1 aliphatic carbocycles. The number of likely N-dealkylation sites (tertiary alicyclic amines) is 1. The van der Waals surface area contributed by atoms with Crippen LogP contribution in [-0.4, -0.2) is 59.5 Å². The van der Waals surface area contributed by atoms with E-state index in [0.29, 0.717) is 0 Å². The van der Waals surface area contributed by atoms with Crippen molar-refractivity contribution in [3.05, 3.63) is 59.7 Å². The van der Waals surface area contributed by atoms with Gasteiger partial charge < -0.3 is 24.8 Å². The number of aliphatic carboxylic acids is 1. The van der Waals surface area contributed by atoms with Crippen LogP contribution in [0.2, 0.25) is 0 Å². The van der Waals surface area contributed by atoms with Gasteiger partial charge in [0.2, 0.25) is 0 Å². The molecule has 2 atom stereocenters. The van der Waals surface area contributed by atoms with Crippen LogP contribution in [0.3, 0.4) is 0 Å². The maximum Gasteiger partial charge on any atom is 0.409 e. The van der Waals surface area contributed by atoms with Gasteiger partial charge in [-0.15, -0.1) is 0 Å². The van der Waals surface area contributed by atoms with Crippen LogP contribution in [-0.2, 0) is 14.3 Å². The van der Waals surface area contributed by atoms with Crippen molar-refractivity contribution in [3.8, 4) is 11.1 Å². The first-order valence-electron chi connectivity index (χ1n) is 11.4. The van der Waals surface area contributed by atoms with Crippen LogP contribution in [0.25, 0.3) is 11.1 Å². The highest BCUT2D eigenvalue weighted by atomic mass is 16.6. The fraction of sp³-hybridized carbons (Fsp3) is 0.423. The summed E-state index contributed by atoms with van der Waals surface area (Å²) in [6.07, 6.45) is -1.03. The van der Waals surface area contributed by atoms with Gasteiger partial charge in [-0.25, -0.2) is 9.59 Å². The molecule has 34 heavy (non-hydrogen) atoms. The number of rotatable bonds is 4. The molecule has 0 saturated carbocycles. The molecule has 0 spiro atoms. The molecule has 1 heterocycles. The van der Waals surface area contributed by atoms with Gasteiger partial charge in [0, 0.05) is 19.0 Å². The van der Waals surface area contributed by atoms with Gasteiger partial charge in [0.05, 0.1) is 12.0 Å². The number of hydrogen-bond donors (Lipinski definition) is 2. The first kappa shape index (κ1) is 23.6. The van der Waals surface area contributed by atoms with Crippen LogP contribution >= 0.6 is 0 Å². The second kappa shape index (κ2) is 9.37. The molecule has 0 aromatic heterocycles. The Kier molecular flexibility index (Phi) is 6.50. The number of amides is 2. The predicted octanol–water partition coefficient (Wildman–Crippen LogP) is 4.24. The standard InChI is InChI=1S/C26H30N2O6/c1-26(2,3)34-24(31)27-17-12-16(23(29)30)13-28(14-17)25(32)33-15-22-20-10-6-4-8-18(20)19-9-5-7-11-21(19)22/h4-11,16-17,22H,12-15H2,1-3H3,(H,27,31)(H,29,30)/t16-,17-/m0/s1. The third kappa shape index (κ3) is 5.16. The molecule has 0 unspecified atom stereocenters. The molecule has 2 aliphatic rings. The predicted molar refractivity (Wildman–Crippen MR) is 126 cm³/mol. The Morgan fingerprint density at radius 1 is 1.00 bits per heavy atom. The van der Waals surface area contributed by atoms with Crippen LogP contribution in [0.1, 0.15) is 44.2 Å². The van der Waals surface area contributed by atoms with Gasteiger partial charge in [0.1, 0.15) is 12.2 Å². The zero-order valence-electron chi connectivity index (χ0n) is 19.6. The SMILES string of the molecule is CC(C)(C)OC(=O)N[C@H]1C[C@H](C(=O)O)CN(C(=O)OCC2c3ccccc3-c3ccccc32)C1. The summed E-state index contributed by atoms with van der Waals surface area (Å²) in [5.41, 5.74) is 3.78. The van der Waals surface area contributed by atoms with E-state index in [0.717, 1.165) is 22.3 Å². The Morgan fingerprint density at radius 2 is 1.59 bits per heavy atom. The molecule has 180 valence electrons. The van der Waals surface area contributed by atoms with Crippen LogP contribution in [0.5, 0.6) is 0 Å². The minimum atomic E-state index is -1.02. The monoisotopic (exact) mass is 466 g/mol. The number of fused-ring (bicyclic) bond motifs is 3. The number of ether oxygens (including phenoxy) is 2. The lowest BCUT2D eigenvalue weighted by molar-refractivity contribution is -0.143. The van der Waals surface area contributed by atoms with E-state index < -0.39 is 35.7 Å². The van der Waals surface area contributed by atoms with E-state index in [4.69, 9.17) is 9.47 Å². The Bertz CT molecular complexity index is 1050. The fourth-order valence-electron chi connectivity index (χ4n) is 4.69. The van der Waals surface area contributed by atoms with Crippen molar-refractivity contribution in [2.24, 2.45) is 5.92 Å². The average molecular weight is 467 g/mol. The van der Waals surface area contributed by atoms with Gasteiger partial charge in [-0.3, -0.25) is 4.79 Å². The third-order valence-corrected chi connectivity index (χ3v) is 6.11. The highest BCUT2D eigenvalue weighted by Crippen LogP contribution is 2.44. The molecule has 1 aliphatic heterocycles. The van der Waals surface area contributed by atoms with Gasteiger partial charge in [-0.1, -0.05) is 48.5 Å². The third-order valence-electron chi connectivity index (χ3n) is 6.11. The second-order valence-corrected chi connectivity index (χ2v) is 9.82. The lowest BCUT2D eigenvalue weighted by Crippen LogP contribution is -2.54. The van der Waals surface area contributed by atoms with E-state index >= 15 is 0 Å². The number of hydrogen-bond acceptors (Lipinski definition) is 5. The number of carboxylic acids is 1. The summed E-state index contributed by atoms with van der Waals surface area (Å²) in [4.78, 5) is 38.2. The molecule has 2 aromatic carbocycles. The topological polar surface area (TPSA) is 105 Å². The number of alkyl carbamates (subject to hydrolysis) is 1. The minimum absolute atomic E-state index is 0.0263. The Hall–Kier alpha value is -3.55. The lowest BCUT2D eigenvalue weighted by atomic mass is 9.94. The molecule has 2 N–H and O–H groups in total. The number of carbonyl (C=O) groups is 3. The largest absolute Gasteiger partial charge is 0.481 e. The van der Waals surface area contributed by atoms with Crippen LogP contribution in [0, 0.1) is 5.92 Å². The van der Waals surface area contributed by atoms with Gasteiger partial charge in [-0.05, 0) is 49.4 Å². The summed E-state index contributed by atoms with van der Waals surface area (Å²) < 4.78 is 11.0. The first-order chi connectivity index (χ1) is 16.1. The van der Waals surface area contributed by atoms with Gasteiger partial charge >= 0.3 is 18.2 Å². The van der Waals surface area contributed by atoms with Crippen molar-refractivity contribution >= 4 is 18.2 Å². The highest BCUT2D eigenvalue weighted by molar-refractivity contribution is 5.79. The van der Waals surface area contributed by atoms with Gasteiger partial charge in [0.25, 0.3) is 0 Å². The Morgan fingerprint density at radius 3 is 2.15 bits per heavy atom. The molecule has 0 radical (unpaired) electrons. The fourth-order valence-corrected chi connectivity index (χ4v) is 4.69. The molecule has 4 rings (SSSR count). The number of nitrogens with zero attached hydrogens (tertiary/aromatic N) is 1. The molecular formula is C26H30N2O6. The number of carbonyl (C=O) groups excluding carboxylic acids is 2. The van der Waals surface area contributed by atoms with Crippen molar-refractivity contribution in [1.82, 2.24) is 10.2 Å². The number of piperidine rings is 1. The van der Waals surface area contributed by atoms with Crippen molar-refractivity contribution < 1.29 is 29.0 Å². The molecule has 8 nitrogen and oxygen atoms in total. The van der Waals surface area contributed by atoms with E-state index in [2.05, 4.69) is 17.4 Å². The van der Waals surface area contributed by atoms with E-state index in [1.54, 1.807) is 20.8 Å². The summed E-state index contributed by atoms with van der Waals surface area (Å²) >= 11 is 0. The van der Waals surface area contributed by atoms with Crippen molar-refractivity contribution in [2.45, 2.75) is 44.8 Å². The maximum atomic E-state index is 13.0. The first-order valence-corrected chi connectivity index (χ1v) is 11.4. The van der Waals surface area contributed by atoms with Crippen molar-refractivity contribution in [1.29, 1.82) is 0 Å². The van der Waals surface area contributed by atoms with E-state index in [9.17, 15) is 19.5 Å². The summed E-state index contributed by atoms with van der Waals surface area (Å²) in [6, 6.07) is 15.6. The van der Waals surface area contributed by atoms with Crippen LogP contribution in [0.4, 0.5) is 9.59 Å². The normalized spacial score (nSPS) is 19.7. The number of benzene rings is 2. The van der Waals surface area contributed by atoms with Crippen LogP contribution in [0.15, 0.2) is 48.5 Å². The summed E-state index contributed by atoms with van der Waals surface area (Å²) in [6.45, 7) is 5.56. The Balaban J connectivity index is 1.44. The molecule has 2 amide bonds. The van der Waals surface area contributed by atoms with E-state index in [1.165, 1.54) is 4.90 Å². The molecule has 8 heteroatoms. The van der Waals surface area contributed by atoms with Crippen molar-refractivity contribution in [3.63, 3.8) is 0 Å². The van der Waals surface area contributed by atoms with Gasteiger partial charge in [-0.2, -0.15) is 0 Å². The second-order valence-electron chi connectivity index (χ2n) is 9.82. The molecule has 1 saturated heterocycles. The number of nitrogens with one attached hydrogen (secondary N) is 1. The quantitative estimate of drug-likeness (QED) is 0.699. The molecule has 1 fully saturated rings. The molecular weight excluding hydrogens is 436 g/mol. The zero-order valence-corrected chi connectivity index (χ0v) is 19.6. The summed E-state index contributed by atoms with van der Waals surface area (Å²) in [5, 5.41) is 12.3. The molecule has 2 aromatic rings. The number of carboxylic acid groups (broad SMARTS) is 1. The highest BCUT2D eigenvalue weighted by Gasteiger charge is 2.37. The lowest BCUT2D eigenvalue weighted by Gasteiger charge is -2.36. The van der Waals surface area contributed by atoms with Crippen LogP contribution < -0.4 is 5.32 Å². The smallest absolute Gasteiger partial charge is 0.409 e. The molecule has 0 bridgehead atoms. The Labute approximate surface area is 198 Å².